The highest BCUT2D eigenvalue weighted by Crippen LogP contribution is 2.18. The molecule has 1 amide bonds. The van der Waals surface area contributed by atoms with Gasteiger partial charge in [-0.15, -0.1) is 0 Å². The molecule has 3 N–H and O–H groups in total. The van der Waals surface area contributed by atoms with E-state index in [0.29, 0.717) is 19.4 Å². The summed E-state index contributed by atoms with van der Waals surface area (Å²) in [5.74, 6) is -0.0592. The molecule has 0 aliphatic carbocycles. The van der Waals surface area contributed by atoms with Crippen molar-refractivity contribution in [3.8, 4) is 0 Å². The van der Waals surface area contributed by atoms with Crippen LogP contribution in [0.3, 0.4) is 0 Å². The maximum atomic E-state index is 12.5. The zero-order valence-electron chi connectivity index (χ0n) is 56.4. The summed E-state index contributed by atoms with van der Waals surface area (Å²) in [6.45, 7) is 4.91. The van der Waals surface area contributed by atoms with Gasteiger partial charge < -0.3 is 20.3 Å². The number of nitrogens with one attached hydrogen (secondary N) is 1. The number of rotatable bonds is 70. The molecular formula is C78H145NO5. The molecule has 6 nitrogen and oxygen atoms in total. The van der Waals surface area contributed by atoms with Gasteiger partial charge in [0.05, 0.1) is 25.4 Å². The minimum absolute atomic E-state index is 0.00561. The molecule has 0 radical (unpaired) electrons. The van der Waals surface area contributed by atoms with Crippen LogP contribution in [0.25, 0.3) is 0 Å². The number of aliphatic hydroxyl groups is 2. The standard InChI is InChI=1S/C78H145NO5/c1-3-5-7-9-11-13-15-17-19-21-38-42-46-50-54-58-62-66-70-76(81)75(74-80)79-77(82)71-67-63-59-55-51-47-43-39-36-34-32-30-28-26-24-23-25-27-29-31-33-35-37-41-45-49-53-57-61-65-69-73-84-78(83)72-68-64-60-56-52-48-44-40-22-20-18-16-14-12-10-8-6-4-2/h14,16,20,22,25,27,31,33,66,70,75-76,80-81H,3-13,15,17-19,21,23-24,26,28-30,32,34-65,67-69,71-74H2,1-2H3,(H,79,82)/b16-14-,22-20-,27-25-,33-31-,70-66+. The number of carbonyl (C=O) groups excluding carboxylic acids is 2. The first-order valence-corrected chi connectivity index (χ1v) is 37.6. The second-order valence-corrected chi connectivity index (χ2v) is 25.6. The minimum Gasteiger partial charge on any atom is -0.466 e. The van der Waals surface area contributed by atoms with Gasteiger partial charge in [-0.05, 0) is 96.3 Å². The molecule has 0 heterocycles. The highest BCUT2D eigenvalue weighted by atomic mass is 16.5. The zero-order valence-corrected chi connectivity index (χ0v) is 56.4. The molecule has 492 valence electrons. The Balaban J connectivity index is 3.41. The average Bonchev–Trinajstić information content (AvgIpc) is 3.52. The fraction of sp³-hybridized carbons (Fsp3) is 0.846. The van der Waals surface area contributed by atoms with E-state index in [0.717, 1.165) is 57.8 Å². The van der Waals surface area contributed by atoms with Gasteiger partial charge in [0, 0.05) is 12.8 Å². The van der Waals surface area contributed by atoms with Crippen LogP contribution >= 0.6 is 0 Å². The predicted octanol–water partition coefficient (Wildman–Crippen LogP) is 24.6. The molecule has 2 unspecified atom stereocenters. The number of aliphatic hydroxyl groups excluding tert-OH is 2. The molecule has 0 bridgehead atoms. The maximum Gasteiger partial charge on any atom is 0.305 e. The van der Waals surface area contributed by atoms with Crippen LogP contribution in [0.2, 0.25) is 0 Å². The number of allylic oxidation sites excluding steroid dienone is 9. The van der Waals surface area contributed by atoms with Crippen LogP contribution in [0.5, 0.6) is 0 Å². The molecule has 0 saturated carbocycles. The summed E-state index contributed by atoms with van der Waals surface area (Å²) in [7, 11) is 0. The highest BCUT2D eigenvalue weighted by Gasteiger charge is 2.18. The van der Waals surface area contributed by atoms with E-state index in [1.807, 2.05) is 6.08 Å². The Labute approximate surface area is 524 Å². The fourth-order valence-electron chi connectivity index (χ4n) is 11.5. The van der Waals surface area contributed by atoms with Crippen LogP contribution in [-0.4, -0.2) is 47.4 Å². The SMILES string of the molecule is CCCCCC/C=C\C/C=C\CCCCCCCCCC(=O)OCCCCCCCCCCC/C=C\C/C=C\CCCCCCCCCCCCCCCCCC(=O)NC(CO)C(O)/C=C/CCCCCCCCCCCCCCCCCC. The number of ether oxygens (including phenoxy) is 1. The fourth-order valence-corrected chi connectivity index (χ4v) is 11.5. The smallest absolute Gasteiger partial charge is 0.305 e. The van der Waals surface area contributed by atoms with Crippen molar-refractivity contribution in [1.29, 1.82) is 0 Å². The van der Waals surface area contributed by atoms with Crippen LogP contribution in [0, 0.1) is 0 Å². The van der Waals surface area contributed by atoms with Gasteiger partial charge in [0.15, 0.2) is 0 Å². The second kappa shape index (κ2) is 73.0. The van der Waals surface area contributed by atoms with E-state index in [1.165, 1.54) is 315 Å². The van der Waals surface area contributed by atoms with E-state index in [2.05, 4.69) is 67.8 Å². The summed E-state index contributed by atoms with van der Waals surface area (Å²) in [4.78, 5) is 24.6. The van der Waals surface area contributed by atoms with Crippen LogP contribution in [0.15, 0.2) is 60.8 Å². The summed E-state index contributed by atoms with van der Waals surface area (Å²) in [6, 6.07) is -0.629. The number of esters is 1. The first-order valence-electron chi connectivity index (χ1n) is 37.6. The van der Waals surface area contributed by atoms with Gasteiger partial charge in [0.1, 0.15) is 0 Å². The van der Waals surface area contributed by atoms with Gasteiger partial charge in [-0.2, -0.15) is 0 Å². The number of hydrogen-bond acceptors (Lipinski definition) is 5. The van der Waals surface area contributed by atoms with Crippen LogP contribution < -0.4 is 5.32 Å². The third-order valence-corrected chi connectivity index (χ3v) is 17.3. The van der Waals surface area contributed by atoms with E-state index in [1.54, 1.807) is 6.08 Å². The molecule has 0 rings (SSSR count). The Bertz CT molecular complexity index is 1450. The van der Waals surface area contributed by atoms with Crippen molar-refractivity contribution in [2.45, 2.75) is 411 Å². The second-order valence-electron chi connectivity index (χ2n) is 25.6. The Morgan fingerprint density at radius 2 is 0.595 bits per heavy atom. The molecule has 6 heteroatoms. The average molecular weight is 1180 g/mol. The number of hydrogen-bond donors (Lipinski definition) is 3. The normalized spacial score (nSPS) is 12.9. The lowest BCUT2D eigenvalue weighted by atomic mass is 10.0. The molecule has 84 heavy (non-hydrogen) atoms. The van der Waals surface area contributed by atoms with Gasteiger partial charge in [0.2, 0.25) is 5.91 Å². The quantitative estimate of drug-likeness (QED) is 0.0320. The summed E-state index contributed by atoms with van der Waals surface area (Å²) < 4.78 is 5.50. The van der Waals surface area contributed by atoms with E-state index in [9.17, 15) is 19.8 Å². The van der Waals surface area contributed by atoms with Gasteiger partial charge in [-0.3, -0.25) is 9.59 Å². The lowest BCUT2D eigenvalue weighted by molar-refractivity contribution is -0.143. The predicted molar refractivity (Wildman–Crippen MR) is 370 cm³/mol. The third kappa shape index (κ3) is 68.7. The lowest BCUT2D eigenvalue weighted by Crippen LogP contribution is -2.45. The van der Waals surface area contributed by atoms with Crippen molar-refractivity contribution in [2.24, 2.45) is 0 Å². The molecule has 0 aliphatic heterocycles. The Morgan fingerprint density at radius 1 is 0.333 bits per heavy atom. The molecule has 0 aliphatic rings. The molecule has 0 aromatic rings. The van der Waals surface area contributed by atoms with Gasteiger partial charge >= 0.3 is 5.97 Å². The molecule has 0 fully saturated rings. The molecule has 0 aromatic heterocycles. The topological polar surface area (TPSA) is 95.9 Å². The molecule has 0 spiro atoms. The minimum atomic E-state index is -0.846. The number of carbonyl (C=O) groups is 2. The van der Waals surface area contributed by atoms with Gasteiger partial charge in [-0.1, -0.05) is 351 Å². The number of amides is 1. The monoisotopic (exact) mass is 1180 g/mol. The van der Waals surface area contributed by atoms with Crippen LogP contribution in [0.4, 0.5) is 0 Å². The van der Waals surface area contributed by atoms with Crippen molar-refractivity contribution < 1.29 is 24.5 Å². The summed E-state index contributed by atoms with van der Waals surface area (Å²) >= 11 is 0. The van der Waals surface area contributed by atoms with Crippen LogP contribution in [-0.2, 0) is 14.3 Å². The van der Waals surface area contributed by atoms with E-state index < -0.39 is 12.1 Å². The summed E-state index contributed by atoms with van der Waals surface area (Å²) in [6.07, 6.45) is 97.4. The lowest BCUT2D eigenvalue weighted by Gasteiger charge is -2.20. The van der Waals surface area contributed by atoms with E-state index in [4.69, 9.17) is 4.74 Å². The van der Waals surface area contributed by atoms with Gasteiger partial charge in [0.25, 0.3) is 0 Å². The Kier molecular flexibility index (Phi) is 70.9. The highest BCUT2D eigenvalue weighted by molar-refractivity contribution is 5.76. The van der Waals surface area contributed by atoms with E-state index >= 15 is 0 Å². The maximum absolute atomic E-state index is 12.5. The summed E-state index contributed by atoms with van der Waals surface area (Å²) in [5, 5.41) is 23.2. The van der Waals surface area contributed by atoms with Gasteiger partial charge in [-0.25, -0.2) is 0 Å². The Hall–Kier alpha value is -2.44. The van der Waals surface area contributed by atoms with Crippen molar-refractivity contribution in [1.82, 2.24) is 5.32 Å². The molecule has 2 atom stereocenters. The van der Waals surface area contributed by atoms with Crippen molar-refractivity contribution in [2.75, 3.05) is 13.2 Å². The van der Waals surface area contributed by atoms with Crippen molar-refractivity contribution in [3.63, 3.8) is 0 Å². The number of unbranched alkanes of at least 4 members (excludes halogenated alkanes) is 51. The Morgan fingerprint density at radius 3 is 0.917 bits per heavy atom. The summed E-state index contributed by atoms with van der Waals surface area (Å²) in [5.41, 5.74) is 0. The largest absolute Gasteiger partial charge is 0.466 e. The van der Waals surface area contributed by atoms with Crippen molar-refractivity contribution in [3.05, 3.63) is 60.8 Å². The molecule has 0 aromatic carbocycles. The molecular weight excluding hydrogens is 1030 g/mol. The first kappa shape index (κ1) is 81.6. The first-order chi connectivity index (χ1) is 41.5. The zero-order chi connectivity index (χ0) is 60.6. The van der Waals surface area contributed by atoms with Crippen molar-refractivity contribution >= 4 is 11.9 Å². The van der Waals surface area contributed by atoms with E-state index in [-0.39, 0.29) is 18.5 Å². The molecule has 0 saturated heterocycles. The van der Waals surface area contributed by atoms with Crippen LogP contribution in [0.1, 0.15) is 399 Å². The third-order valence-electron chi connectivity index (χ3n) is 17.3.